The number of urea groups is 1. The number of aliphatic carboxylic acids is 1. The third-order valence-electron chi connectivity index (χ3n) is 3.05. The fourth-order valence-electron chi connectivity index (χ4n) is 2.11. The predicted molar refractivity (Wildman–Crippen MR) is 77.3 cm³/mol. The number of sulfone groups is 1. The molecule has 1 atom stereocenters. The van der Waals surface area contributed by atoms with E-state index in [0.717, 1.165) is 9.78 Å². The number of carbonyl (C=O) groups is 2. The van der Waals surface area contributed by atoms with Crippen LogP contribution >= 0.6 is 11.3 Å². The summed E-state index contributed by atoms with van der Waals surface area (Å²) in [6.07, 6.45) is 1.84. The highest BCUT2D eigenvalue weighted by Gasteiger charge is 2.35. The van der Waals surface area contributed by atoms with Crippen LogP contribution < -0.4 is 5.32 Å². The van der Waals surface area contributed by atoms with E-state index in [4.69, 9.17) is 5.11 Å². The zero-order valence-electron chi connectivity index (χ0n) is 11.3. The molecule has 2 N–H and O–H groups in total. The number of hydrogen-bond acceptors (Lipinski definition) is 6. The molecule has 21 heavy (non-hydrogen) atoms. The second kappa shape index (κ2) is 5.98. The van der Waals surface area contributed by atoms with E-state index in [-0.39, 0.29) is 17.9 Å². The number of nitrogens with zero attached hydrogens (tertiary/aromatic N) is 2. The van der Waals surface area contributed by atoms with Crippen LogP contribution in [0.1, 0.15) is 11.3 Å². The first kappa shape index (κ1) is 15.7. The summed E-state index contributed by atoms with van der Waals surface area (Å²) in [5.41, 5.74) is 0. The number of thiazole rings is 1. The highest BCUT2D eigenvalue weighted by Crippen LogP contribution is 2.21. The quantitative estimate of drug-likeness (QED) is 0.831. The van der Waals surface area contributed by atoms with Gasteiger partial charge in [0.2, 0.25) is 0 Å². The van der Waals surface area contributed by atoms with Gasteiger partial charge in [0, 0.05) is 17.1 Å². The molecule has 0 bridgehead atoms. The molecule has 10 heteroatoms. The first-order valence-electron chi connectivity index (χ1n) is 6.19. The second-order valence-corrected chi connectivity index (χ2v) is 8.25. The molecule has 2 heterocycles. The van der Waals surface area contributed by atoms with Crippen LogP contribution in [0, 0.1) is 6.92 Å². The normalized spacial score (nSPS) is 20.1. The van der Waals surface area contributed by atoms with E-state index in [0.29, 0.717) is 5.13 Å². The zero-order chi connectivity index (χ0) is 15.6. The van der Waals surface area contributed by atoms with Crippen LogP contribution in [-0.2, 0) is 14.6 Å². The van der Waals surface area contributed by atoms with E-state index in [1.165, 1.54) is 11.3 Å². The average Bonchev–Trinajstić information content (AvgIpc) is 2.92. The summed E-state index contributed by atoms with van der Waals surface area (Å²) in [5.74, 6) is -1.42. The van der Waals surface area contributed by atoms with Crippen molar-refractivity contribution in [2.24, 2.45) is 0 Å². The van der Waals surface area contributed by atoms with Crippen molar-refractivity contribution < 1.29 is 23.1 Å². The number of aromatic nitrogens is 1. The molecule has 8 nitrogen and oxygen atoms in total. The lowest BCUT2D eigenvalue weighted by Crippen LogP contribution is -2.46. The molecular weight excluding hydrogens is 318 g/mol. The standard InChI is InChI=1S/C11H15N3O5S2/c1-7-4-12-10(20-7)13-11(17)14(5-9(15)16)8-2-3-21(18,19)6-8/h4,8H,2-3,5-6H2,1H3,(H,15,16)(H,12,13,17). The average molecular weight is 333 g/mol. The van der Waals surface area contributed by atoms with Gasteiger partial charge in [0.1, 0.15) is 6.54 Å². The molecule has 1 aliphatic heterocycles. The Bertz CT molecular complexity index is 655. The molecule has 0 spiro atoms. The Morgan fingerprint density at radius 2 is 2.29 bits per heavy atom. The Kier molecular flexibility index (Phi) is 4.47. The monoisotopic (exact) mass is 333 g/mol. The molecule has 2 rings (SSSR count). The number of aryl methyl sites for hydroxylation is 1. The number of nitrogens with one attached hydrogen (secondary N) is 1. The maximum Gasteiger partial charge on any atom is 0.324 e. The maximum absolute atomic E-state index is 12.2. The van der Waals surface area contributed by atoms with Gasteiger partial charge in [0.15, 0.2) is 15.0 Å². The van der Waals surface area contributed by atoms with Crippen LogP contribution in [0.15, 0.2) is 6.20 Å². The Morgan fingerprint density at radius 3 is 2.76 bits per heavy atom. The van der Waals surface area contributed by atoms with Gasteiger partial charge < -0.3 is 10.0 Å². The van der Waals surface area contributed by atoms with Crippen molar-refractivity contribution in [3.8, 4) is 0 Å². The van der Waals surface area contributed by atoms with Crippen molar-refractivity contribution in [3.63, 3.8) is 0 Å². The second-order valence-electron chi connectivity index (χ2n) is 4.78. The smallest absolute Gasteiger partial charge is 0.324 e. The van der Waals surface area contributed by atoms with Gasteiger partial charge in [-0.1, -0.05) is 0 Å². The zero-order valence-corrected chi connectivity index (χ0v) is 12.9. The highest BCUT2D eigenvalue weighted by molar-refractivity contribution is 7.91. The summed E-state index contributed by atoms with van der Waals surface area (Å²) in [5, 5.41) is 11.8. The topological polar surface area (TPSA) is 117 Å². The molecule has 0 radical (unpaired) electrons. The van der Waals surface area contributed by atoms with Gasteiger partial charge in [-0.05, 0) is 13.3 Å². The molecule has 1 aliphatic rings. The van der Waals surface area contributed by atoms with Crippen LogP contribution in [0.5, 0.6) is 0 Å². The molecule has 1 aromatic rings. The van der Waals surface area contributed by atoms with E-state index in [2.05, 4.69) is 10.3 Å². The van der Waals surface area contributed by atoms with Gasteiger partial charge in [-0.3, -0.25) is 10.1 Å². The van der Waals surface area contributed by atoms with Crippen molar-refractivity contribution in [1.82, 2.24) is 9.88 Å². The minimum Gasteiger partial charge on any atom is -0.480 e. The Labute approximate surface area is 125 Å². The van der Waals surface area contributed by atoms with Gasteiger partial charge in [-0.25, -0.2) is 18.2 Å². The molecule has 0 aromatic carbocycles. The minimum absolute atomic E-state index is 0.0303. The summed E-state index contributed by atoms with van der Waals surface area (Å²) >= 11 is 1.26. The lowest BCUT2D eigenvalue weighted by Gasteiger charge is -2.26. The van der Waals surface area contributed by atoms with Crippen LogP contribution in [0.3, 0.4) is 0 Å². The van der Waals surface area contributed by atoms with E-state index < -0.39 is 34.4 Å². The molecule has 1 saturated heterocycles. The first-order valence-corrected chi connectivity index (χ1v) is 8.83. The molecule has 0 saturated carbocycles. The summed E-state index contributed by atoms with van der Waals surface area (Å²) in [4.78, 5) is 29.0. The van der Waals surface area contributed by atoms with Gasteiger partial charge >= 0.3 is 12.0 Å². The van der Waals surface area contributed by atoms with Gasteiger partial charge in [-0.15, -0.1) is 11.3 Å². The number of amides is 2. The SMILES string of the molecule is Cc1cnc(NC(=O)N(CC(=O)O)C2CCS(=O)(=O)C2)s1. The largest absolute Gasteiger partial charge is 0.480 e. The summed E-state index contributed by atoms with van der Waals surface area (Å²) in [7, 11) is -3.21. The van der Waals surface area contributed by atoms with Crippen molar-refractivity contribution in [2.45, 2.75) is 19.4 Å². The molecule has 116 valence electrons. The number of carboxylic acids is 1. The number of rotatable bonds is 4. The third kappa shape index (κ3) is 4.14. The lowest BCUT2D eigenvalue weighted by molar-refractivity contribution is -0.138. The Hall–Kier alpha value is -1.68. The maximum atomic E-state index is 12.2. The first-order chi connectivity index (χ1) is 9.77. The van der Waals surface area contributed by atoms with Crippen molar-refractivity contribution >= 4 is 38.3 Å². The predicted octanol–water partition coefficient (Wildman–Crippen LogP) is 0.557. The third-order valence-corrected chi connectivity index (χ3v) is 5.63. The Balaban J connectivity index is 2.12. The van der Waals surface area contributed by atoms with Gasteiger partial charge in [0.05, 0.1) is 11.5 Å². The van der Waals surface area contributed by atoms with Crippen molar-refractivity contribution in [1.29, 1.82) is 0 Å². The molecule has 1 unspecified atom stereocenters. The summed E-state index contributed by atoms with van der Waals surface area (Å²) in [6, 6.07) is -1.26. The fraction of sp³-hybridized carbons (Fsp3) is 0.545. The molecule has 1 fully saturated rings. The van der Waals surface area contributed by atoms with Crippen LogP contribution in [0.25, 0.3) is 0 Å². The van der Waals surface area contributed by atoms with Crippen LogP contribution in [0.4, 0.5) is 9.93 Å². The number of hydrogen-bond donors (Lipinski definition) is 2. The molecule has 0 aliphatic carbocycles. The molecule has 1 aromatic heterocycles. The van der Waals surface area contributed by atoms with Gasteiger partial charge in [-0.2, -0.15) is 0 Å². The fourth-order valence-corrected chi connectivity index (χ4v) is 4.49. The van der Waals surface area contributed by atoms with E-state index >= 15 is 0 Å². The van der Waals surface area contributed by atoms with E-state index in [1.54, 1.807) is 6.20 Å². The Morgan fingerprint density at radius 1 is 1.57 bits per heavy atom. The summed E-state index contributed by atoms with van der Waals surface area (Å²) in [6.45, 7) is 1.28. The van der Waals surface area contributed by atoms with Crippen molar-refractivity contribution in [3.05, 3.63) is 11.1 Å². The number of carbonyl (C=O) groups excluding carboxylic acids is 1. The number of anilines is 1. The van der Waals surface area contributed by atoms with Crippen LogP contribution in [-0.4, -0.2) is 59.5 Å². The lowest BCUT2D eigenvalue weighted by atomic mass is 10.2. The molecule has 2 amide bonds. The van der Waals surface area contributed by atoms with Crippen LogP contribution in [0.2, 0.25) is 0 Å². The highest BCUT2D eigenvalue weighted by atomic mass is 32.2. The van der Waals surface area contributed by atoms with E-state index in [9.17, 15) is 18.0 Å². The number of carboxylic acid groups (broad SMARTS) is 1. The minimum atomic E-state index is -3.21. The molecular formula is C11H15N3O5S2. The van der Waals surface area contributed by atoms with E-state index in [1.807, 2.05) is 6.92 Å². The van der Waals surface area contributed by atoms with Crippen molar-refractivity contribution in [2.75, 3.05) is 23.4 Å². The van der Waals surface area contributed by atoms with Gasteiger partial charge in [0.25, 0.3) is 0 Å². The summed E-state index contributed by atoms with van der Waals surface area (Å²) < 4.78 is 23.0.